The van der Waals surface area contributed by atoms with Gasteiger partial charge in [-0.2, -0.15) is 154 Å². The van der Waals surface area contributed by atoms with Gasteiger partial charge in [0.2, 0.25) is 0 Å². The minimum absolute atomic E-state index is 4.87. The summed E-state index contributed by atoms with van der Waals surface area (Å²) < 4.78 is 468. The molecule has 0 fully saturated rings. The molecule has 0 unspecified atom stereocenters. The quantitative estimate of drug-likeness (QED) is 0.157. The van der Waals surface area contributed by atoms with Crippen molar-refractivity contribution in [3.05, 3.63) is 0 Å². The van der Waals surface area contributed by atoms with E-state index < -0.39 is 107 Å². The van der Waals surface area contributed by atoms with Crippen LogP contribution in [0.15, 0.2) is 0 Å². The second kappa shape index (κ2) is 12.3. The third kappa shape index (κ3) is 5.67. The van der Waals surface area contributed by atoms with Gasteiger partial charge < -0.3 is 5.11 Å². The molecule has 0 radical (unpaired) electrons. The second-order valence-corrected chi connectivity index (χ2v) is 9.99. The van der Waals surface area contributed by atoms with Crippen LogP contribution in [-0.4, -0.2) is 112 Å². The normalized spacial score (nSPS) is 17.1. The highest BCUT2D eigenvalue weighted by molar-refractivity contribution is 5.77. The Morgan fingerprint density at radius 1 is 0.218 bits per heavy atom. The van der Waals surface area contributed by atoms with E-state index in [-0.39, 0.29) is 0 Å². The Bertz CT molecular complexity index is 1440. The van der Waals surface area contributed by atoms with E-state index >= 15 is 0 Å². The van der Waals surface area contributed by atoms with Crippen LogP contribution in [0.5, 0.6) is 0 Å². The van der Waals surface area contributed by atoms with Crippen LogP contribution in [0.1, 0.15) is 0 Å². The summed E-state index contributed by atoms with van der Waals surface area (Å²) >= 11 is 0. The smallest absolute Gasteiger partial charge is 0.460 e. The summed E-state index contributed by atoms with van der Waals surface area (Å²) in [5.41, 5.74) is 0. The van der Waals surface area contributed by atoms with E-state index in [0.717, 1.165) is 0 Å². The molecule has 37 heteroatoms. The van der Waals surface area contributed by atoms with Gasteiger partial charge in [0, 0.05) is 0 Å². The zero-order valence-electron chi connectivity index (χ0n) is 23.1. The van der Waals surface area contributed by atoms with Crippen molar-refractivity contribution in [2.75, 3.05) is 0 Å². The lowest BCUT2D eigenvalue weighted by atomic mass is 9.82. The fourth-order valence-corrected chi connectivity index (χ4v) is 3.07. The van der Waals surface area contributed by atoms with Gasteiger partial charge in [-0.15, -0.1) is 0 Å². The summed E-state index contributed by atoms with van der Waals surface area (Å²) in [7, 11) is 0. The second-order valence-electron chi connectivity index (χ2n) is 9.99. The highest BCUT2D eigenvalue weighted by Crippen LogP contribution is 2.70. The molecule has 0 aromatic heterocycles. The third-order valence-electron chi connectivity index (χ3n) is 6.54. The molecule has 0 atom stereocenters. The molecule has 0 aliphatic carbocycles. The number of carboxylic acids is 1. The summed E-state index contributed by atoms with van der Waals surface area (Å²) in [5, 5.41) is 7.66. The third-order valence-corrected chi connectivity index (χ3v) is 6.54. The van der Waals surface area contributed by atoms with Gasteiger partial charge >= 0.3 is 107 Å². The maximum atomic E-state index is 13.8. The highest BCUT2D eigenvalue weighted by Gasteiger charge is 3.02. The van der Waals surface area contributed by atoms with Crippen molar-refractivity contribution in [2.45, 2.75) is 101 Å². The van der Waals surface area contributed by atoms with Gasteiger partial charge in [-0.1, -0.05) is 0 Å². The van der Waals surface area contributed by atoms with Crippen LogP contribution in [0.3, 0.4) is 0 Å². The first-order valence-corrected chi connectivity index (χ1v) is 11.3. The van der Waals surface area contributed by atoms with Crippen LogP contribution in [0.4, 0.5) is 154 Å². The zero-order chi connectivity index (χ0) is 46.1. The van der Waals surface area contributed by atoms with Crippen molar-refractivity contribution >= 4 is 5.97 Å². The van der Waals surface area contributed by atoms with Crippen LogP contribution >= 0.6 is 0 Å². The monoisotopic (exact) mass is 914 g/mol. The zero-order valence-corrected chi connectivity index (χ0v) is 23.1. The molecule has 0 heterocycles. The van der Waals surface area contributed by atoms with E-state index in [1.54, 1.807) is 0 Å². The molecular weight excluding hydrogens is 913 g/mol. The van der Waals surface area contributed by atoms with Crippen LogP contribution in [0.2, 0.25) is 0 Å². The number of aliphatic carboxylic acids is 1. The lowest BCUT2D eigenvalue weighted by molar-refractivity contribution is -0.492. The van der Waals surface area contributed by atoms with Crippen LogP contribution in [0.25, 0.3) is 0 Å². The number of alkyl halides is 35. The molecule has 0 amide bonds. The molecule has 55 heavy (non-hydrogen) atoms. The SMILES string of the molecule is O=C(O)C(F)(F)C(F)(F)C(F)(F)C(F)(F)C(F)(F)C(F)(F)C(F)(F)C(F)(F)C(F)(F)C(F)(F)C(F)(F)C(F)(F)C(F)(F)C(F)(F)C(F)(F)C(F)(F)C(F)(F)F. The molecule has 330 valence electrons. The van der Waals surface area contributed by atoms with Crippen LogP contribution in [0, 0.1) is 0 Å². The summed E-state index contributed by atoms with van der Waals surface area (Å²) in [4.78, 5) is 9.95. The first-order chi connectivity index (χ1) is 22.9. The van der Waals surface area contributed by atoms with Gasteiger partial charge in [-0.25, -0.2) is 4.79 Å². The first-order valence-electron chi connectivity index (χ1n) is 11.3. The summed E-state index contributed by atoms with van der Waals surface area (Å²) in [5.74, 6) is -161. The molecule has 0 saturated heterocycles. The van der Waals surface area contributed by atoms with Crippen molar-refractivity contribution in [1.82, 2.24) is 0 Å². The number of halogens is 35. The average molecular weight is 914 g/mol. The Hall–Kier alpha value is -2.98. The van der Waals surface area contributed by atoms with Crippen molar-refractivity contribution in [1.29, 1.82) is 0 Å². The number of carboxylic acid groups (broad SMARTS) is 1. The Balaban J connectivity index is 7.83. The largest absolute Gasteiger partial charge is 0.477 e. The van der Waals surface area contributed by atoms with E-state index in [2.05, 4.69) is 0 Å². The molecular formula is C18HF35O2. The highest BCUT2D eigenvalue weighted by atomic mass is 19.4. The Morgan fingerprint density at radius 3 is 0.436 bits per heavy atom. The van der Waals surface area contributed by atoms with Crippen molar-refractivity contribution in [2.24, 2.45) is 0 Å². The molecule has 0 bridgehead atoms. The molecule has 0 rings (SSSR count). The van der Waals surface area contributed by atoms with Crippen molar-refractivity contribution < 1.29 is 164 Å². The van der Waals surface area contributed by atoms with E-state index in [9.17, 15) is 158 Å². The predicted octanol–water partition coefficient (Wildman–Crippen LogP) is 10.8. The molecule has 0 aromatic carbocycles. The minimum atomic E-state index is -10.4. The molecule has 0 aromatic rings. The van der Waals surface area contributed by atoms with Gasteiger partial charge in [0.05, 0.1) is 0 Å². The van der Waals surface area contributed by atoms with E-state index in [1.165, 1.54) is 0 Å². The predicted molar refractivity (Wildman–Crippen MR) is 92.8 cm³/mol. The molecule has 1 N–H and O–H groups in total. The van der Waals surface area contributed by atoms with Gasteiger partial charge in [0.1, 0.15) is 0 Å². The fraction of sp³-hybridized carbons (Fsp3) is 0.944. The van der Waals surface area contributed by atoms with Crippen LogP contribution in [-0.2, 0) is 4.79 Å². The Morgan fingerprint density at radius 2 is 0.327 bits per heavy atom. The number of hydrogen-bond acceptors (Lipinski definition) is 1. The first kappa shape index (κ1) is 52.0. The average Bonchev–Trinajstić information content (AvgIpc) is 2.94. The van der Waals surface area contributed by atoms with E-state index in [0.29, 0.717) is 0 Å². The summed E-state index contributed by atoms with van der Waals surface area (Å²) in [6, 6.07) is 0. The number of hydrogen-bond donors (Lipinski definition) is 1. The van der Waals surface area contributed by atoms with Crippen LogP contribution < -0.4 is 0 Å². The topological polar surface area (TPSA) is 37.3 Å². The van der Waals surface area contributed by atoms with E-state index in [1.807, 2.05) is 0 Å². The molecule has 0 saturated carbocycles. The van der Waals surface area contributed by atoms with E-state index in [4.69, 9.17) is 5.11 Å². The van der Waals surface area contributed by atoms with Gasteiger partial charge in [-0.05, 0) is 0 Å². The lowest BCUT2D eigenvalue weighted by Crippen LogP contribution is -2.80. The van der Waals surface area contributed by atoms with Gasteiger partial charge in [0.15, 0.2) is 0 Å². The minimum Gasteiger partial charge on any atom is -0.477 e. The van der Waals surface area contributed by atoms with Crippen molar-refractivity contribution in [3.63, 3.8) is 0 Å². The maximum Gasteiger partial charge on any atom is 0.460 e. The fourth-order valence-electron chi connectivity index (χ4n) is 3.07. The number of rotatable bonds is 16. The van der Waals surface area contributed by atoms with Gasteiger partial charge in [0.25, 0.3) is 0 Å². The van der Waals surface area contributed by atoms with Gasteiger partial charge in [-0.3, -0.25) is 0 Å². The molecule has 0 aliphatic rings. The standard InChI is InChI=1S/C18HF35O2/c19-2(20,1(54)55)3(21,22)4(23,24)5(25,26)6(27,28)7(29,30)8(31,32)9(33,34)10(35,36)11(37,38)12(39,40)13(41,42)14(43,44)15(45,46)16(47,48)17(49,50)18(51,52)53/h(H,54,55). The summed E-state index contributed by atoms with van der Waals surface area (Å²) in [6.45, 7) is 0. The molecule has 2 nitrogen and oxygen atoms in total. The Labute approximate surface area is 272 Å². The summed E-state index contributed by atoms with van der Waals surface area (Å²) in [6.07, 6.45) is -8.44. The Kier molecular flexibility index (Phi) is 11.6. The van der Waals surface area contributed by atoms with Crippen molar-refractivity contribution in [3.8, 4) is 0 Å². The lowest BCUT2D eigenvalue weighted by Gasteiger charge is -2.47. The molecule has 0 aliphatic heterocycles. The maximum absolute atomic E-state index is 13.8. The number of carbonyl (C=O) groups is 1. The molecule has 0 spiro atoms.